The fourth-order valence-corrected chi connectivity index (χ4v) is 5.32. The van der Waals surface area contributed by atoms with E-state index in [1.54, 1.807) is 6.07 Å². The van der Waals surface area contributed by atoms with Crippen LogP contribution in [0.25, 0.3) is 10.3 Å². The van der Waals surface area contributed by atoms with Crippen molar-refractivity contribution >= 4 is 62.0 Å². The second-order valence-corrected chi connectivity index (χ2v) is 8.96. The molecule has 3 aromatic heterocycles. The molecule has 0 aliphatic carbocycles. The van der Waals surface area contributed by atoms with E-state index in [1.165, 1.54) is 35.5 Å². The lowest BCUT2D eigenvalue weighted by molar-refractivity contribution is 0.102. The minimum Gasteiger partial charge on any atom is -0.349 e. The molecular weight excluding hydrogens is 390 g/mol. The number of halogens is 1. The third kappa shape index (κ3) is 2.77. The fourth-order valence-electron chi connectivity index (χ4n) is 3.66. The molecule has 26 heavy (non-hydrogen) atoms. The van der Waals surface area contributed by atoms with Crippen molar-refractivity contribution in [2.45, 2.75) is 24.9 Å². The van der Waals surface area contributed by atoms with Crippen molar-refractivity contribution < 1.29 is 4.79 Å². The lowest BCUT2D eigenvalue weighted by Crippen LogP contribution is -2.61. The number of fused-ring (bicyclic) bond motifs is 4. The molecule has 2 atom stereocenters. The Morgan fingerprint density at radius 2 is 2.31 bits per heavy atom. The van der Waals surface area contributed by atoms with Gasteiger partial charge in [0.05, 0.1) is 17.4 Å². The number of hydrogen-bond donors (Lipinski definition) is 2. The van der Waals surface area contributed by atoms with Gasteiger partial charge in [0.15, 0.2) is 0 Å². The van der Waals surface area contributed by atoms with Gasteiger partial charge in [-0.1, -0.05) is 11.6 Å². The van der Waals surface area contributed by atoms with Crippen LogP contribution in [0.3, 0.4) is 0 Å². The quantitative estimate of drug-likeness (QED) is 0.696. The second kappa shape index (κ2) is 6.45. The molecule has 2 N–H and O–H groups in total. The molecule has 0 spiro atoms. The van der Waals surface area contributed by atoms with Gasteiger partial charge in [-0.3, -0.25) is 4.79 Å². The predicted molar refractivity (Wildman–Crippen MR) is 107 cm³/mol. The molecule has 6 rings (SSSR count). The Bertz CT molecular complexity index is 979. The summed E-state index contributed by atoms with van der Waals surface area (Å²) in [5.41, 5.74) is 1.83. The number of rotatable bonds is 3. The van der Waals surface area contributed by atoms with E-state index in [-0.39, 0.29) is 5.91 Å². The molecule has 3 aromatic rings. The highest BCUT2D eigenvalue weighted by Gasteiger charge is 2.34. The summed E-state index contributed by atoms with van der Waals surface area (Å²) in [6.07, 6.45) is 4.21. The van der Waals surface area contributed by atoms with Crippen LogP contribution < -0.4 is 15.5 Å². The number of aromatic nitrogens is 2. The molecule has 134 valence electrons. The number of nitrogens with zero attached hydrogens (tertiary/aromatic N) is 3. The minimum absolute atomic E-state index is 0.204. The monoisotopic (exact) mass is 405 g/mol. The van der Waals surface area contributed by atoms with Crippen LogP contribution in [0.2, 0.25) is 4.34 Å². The highest BCUT2D eigenvalue weighted by molar-refractivity contribution is 7.17. The first-order chi connectivity index (χ1) is 12.7. The van der Waals surface area contributed by atoms with Gasteiger partial charge in [-0.2, -0.15) is 0 Å². The number of thiophene rings is 2. The van der Waals surface area contributed by atoms with Crippen molar-refractivity contribution in [3.8, 4) is 0 Å². The summed E-state index contributed by atoms with van der Waals surface area (Å²) < 4.78 is 0.571. The third-order valence-electron chi connectivity index (χ3n) is 5.02. The molecule has 9 heteroatoms. The van der Waals surface area contributed by atoms with Crippen molar-refractivity contribution in [3.63, 3.8) is 0 Å². The number of carbonyl (C=O) groups excluding carboxylic acids is 1. The standard InChI is InChI=1S/C17H16ClN5OS2/c18-15-12(3-4-25-15)21-16(24)11-8-26-17-14(11)22-13(6-20-17)23-7-9-1-2-10(23)5-19-9/h3-4,6,8-10,19H,1-2,5,7H2,(H,21,24)/t9-,10-/m1/s1. The van der Waals surface area contributed by atoms with Crippen LogP contribution >= 0.6 is 34.3 Å². The maximum atomic E-state index is 12.7. The van der Waals surface area contributed by atoms with Crippen LogP contribution in [0.4, 0.5) is 11.5 Å². The van der Waals surface area contributed by atoms with Crippen molar-refractivity contribution in [1.82, 2.24) is 15.3 Å². The van der Waals surface area contributed by atoms with Crippen molar-refractivity contribution in [2.75, 3.05) is 23.3 Å². The van der Waals surface area contributed by atoms with Gasteiger partial charge in [0.1, 0.15) is 20.5 Å². The average molecular weight is 406 g/mol. The van der Waals surface area contributed by atoms with E-state index < -0.39 is 0 Å². The SMILES string of the molecule is O=C(Nc1ccsc1Cl)c1csc2ncc(N3C[C@H]4CC[C@@H]3CN4)nc12. The number of piperidine rings is 2. The number of carbonyl (C=O) groups is 1. The topological polar surface area (TPSA) is 70.2 Å². The summed E-state index contributed by atoms with van der Waals surface area (Å²) in [5.74, 6) is 0.652. The highest BCUT2D eigenvalue weighted by atomic mass is 35.5. The molecule has 6 heterocycles. The molecule has 0 radical (unpaired) electrons. The zero-order valence-corrected chi connectivity index (χ0v) is 16.1. The van der Waals surface area contributed by atoms with Gasteiger partial charge >= 0.3 is 0 Å². The van der Waals surface area contributed by atoms with Crippen LogP contribution in [0, 0.1) is 0 Å². The maximum Gasteiger partial charge on any atom is 0.258 e. The molecule has 3 saturated heterocycles. The summed E-state index contributed by atoms with van der Waals surface area (Å²) in [6.45, 7) is 1.93. The zero-order valence-electron chi connectivity index (χ0n) is 13.7. The van der Waals surface area contributed by atoms with Crippen molar-refractivity contribution in [3.05, 3.63) is 32.9 Å². The Hall–Kier alpha value is -1.74. The maximum absolute atomic E-state index is 12.7. The van der Waals surface area contributed by atoms with Crippen LogP contribution in [-0.4, -0.2) is 41.0 Å². The normalized spacial score (nSPS) is 22.1. The number of amides is 1. The van der Waals surface area contributed by atoms with E-state index in [9.17, 15) is 4.79 Å². The second-order valence-electron chi connectivity index (χ2n) is 6.58. The van der Waals surface area contributed by atoms with Gasteiger partial charge in [-0.05, 0) is 24.3 Å². The van der Waals surface area contributed by atoms with Crippen LogP contribution in [0.1, 0.15) is 23.2 Å². The number of anilines is 2. The molecule has 3 aliphatic heterocycles. The fraction of sp³-hybridized carbons (Fsp3) is 0.353. The van der Waals surface area contributed by atoms with Gasteiger partial charge in [0.25, 0.3) is 5.91 Å². The third-order valence-corrected chi connectivity index (χ3v) is 7.07. The molecule has 2 bridgehead atoms. The molecule has 3 aliphatic rings. The van der Waals surface area contributed by atoms with E-state index in [2.05, 4.69) is 20.5 Å². The van der Waals surface area contributed by atoms with E-state index >= 15 is 0 Å². The summed E-state index contributed by atoms with van der Waals surface area (Å²) in [5, 5.41) is 10.1. The summed E-state index contributed by atoms with van der Waals surface area (Å²) in [4.78, 5) is 25.2. The molecule has 3 fully saturated rings. The first-order valence-corrected chi connectivity index (χ1v) is 10.6. The number of piperazine rings is 1. The largest absolute Gasteiger partial charge is 0.349 e. The van der Waals surface area contributed by atoms with Crippen LogP contribution in [0.5, 0.6) is 0 Å². The molecule has 1 amide bonds. The molecule has 0 aromatic carbocycles. The number of hydrogen-bond acceptors (Lipinski definition) is 7. The molecule has 0 unspecified atom stereocenters. The predicted octanol–water partition coefficient (Wildman–Crippen LogP) is 3.60. The Morgan fingerprint density at radius 3 is 3.00 bits per heavy atom. The van der Waals surface area contributed by atoms with E-state index in [4.69, 9.17) is 16.6 Å². The first kappa shape index (κ1) is 16.4. The van der Waals surface area contributed by atoms with E-state index in [0.29, 0.717) is 33.2 Å². The molecule has 6 nitrogen and oxygen atoms in total. The average Bonchev–Trinajstić information content (AvgIpc) is 3.28. The smallest absolute Gasteiger partial charge is 0.258 e. The lowest BCUT2D eigenvalue weighted by Gasteiger charge is -2.46. The highest BCUT2D eigenvalue weighted by Crippen LogP contribution is 2.32. The summed E-state index contributed by atoms with van der Waals surface area (Å²) >= 11 is 8.91. The van der Waals surface area contributed by atoms with Crippen molar-refractivity contribution in [1.29, 1.82) is 0 Å². The van der Waals surface area contributed by atoms with Gasteiger partial charge in [-0.15, -0.1) is 22.7 Å². The Kier molecular flexibility index (Phi) is 4.08. The molecule has 0 saturated carbocycles. The molecular formula is C17H16ClN5OS2. The summed E-state index contributed by atoms with van der Waals surface area (Å²) in [6, 6.07) is 2.77. The lowest BCUT2D eigenvalue weighted by atomic mass is 9.93. The summed E-state index contributed by atoms with van der Waals surface area (Å²) in [7, 11) is 0. The van der Waals surface area contributed by atoms with Gasteiger partial charge in [-0.25, -0.2) is 9.97 Å². The Labute approximate surface area is 163 Å². The van der Waals surface area contributed by atoms with Gasteiger partial charge in [0.2, 0.25) is 0 Å². The first-order valence-electron chi connectivity index (χ1n) is 8.47. The zero-order chi connectivity index (χ0) is 17.7. The van der Waals surface area contributed by atoms with E-state index in [1.807, 2.05) is 17.0 Å². The van der Waals surface area contributed by atoms with Crippen molar-refractivity contribution in [2.24, 2.45) is 0 Å². The number of nitrogens with one attached hydrogen (secondary N) is 2. The van der Waals surface area contributed by atoms with Crippen LogP contribution in [-0.2, 0) is 0 Å². The van der Waals surface area contributed by atoms with Crippen LogP contribution in [0.15, 0.2) is 23.0 Å². The Morgan fingerprint density at radius 1 is 1.38 bits per heavy atom. The van der Waals surface area contributed by atoms with Gasteiger partial charge < -0.3 is 15.5 Å². The van der Waals surface area contributed by atoms with Gasteiger partial charge in [0, 0.05) is 30.6 Å². The van der Waals surface area contributed by atoms with E-state index in [0.717, 1.165) is 23.7 Å². The minimum atomic E-state index is -0.204. The Balaban J connectivity index is 1.47.